The molecule has 1 saturated carbocycles. The fourth-order valence-electron chi connectivity index (χ4n) is 2.43. The van der Waals surface area contributed by atoms with Crippen LogP contribution in [-0.4, -0.2) is 30.2 Å². The lowest BCUT2D eigenvalue weighted by Crippen LogP contribution is -2.42. The van der Waals surface area contributed by atoms with Gasteiger partial charge in [-0.05, 0) is 43.9 Å². The summed E-state index contributed by atoms with van der Waals surface area (Å²) in [7, 11) is 0. The second-order valence-corrected chi connectivity index (χ2v) is 5.00. The van der Waals surface area contributed by atoms with E-state index in [0.29, 0.717) is 30.3 Å². The quantitative estimate of drug-likeness (QED) is 0.670. The smallest absolute Gasteiger partial charge is 0.250 e. The Hall–Kier alpha value is -1.75. The van der Waals surface area contributed by atoms with Crippen LogP contribution in [0.2, 0.25) is 0 Å². The Bertz CT molecular complexity index is 458. The first kappa shape index (κ1) is 13.7. The van der Waals surface area contributed by atoms with Crippen molar-refractivity contribution in [1.29, 1.82) is 0 Å². The van der Waals surface area contributed by atoms with Gasteiger partial charge in [-0.15, -0.1) is 0 Å². The Morgan fingerprint density at radius 1 is 1.42 bits per heavy atom. The topological polar surface area (TPSA) is 92.6 Å². The molecule has 5 heteroatoms. The van der Waals surface area contributed by atoms with Crippen LogP contribution in [-0.2, 0) is 0 Å². The van der Waals surface area contributed by atoms with E-state index in [1.165, 1.54) is 6.42 Å². The molecule has 0 radical (unpaired) electrons. The van der Waals surface area contributed by atoms with Crippen molar-refractivity contribution in [3.8, 4) is 0 Å². The zero-order chi connectivity index (χ0) is 13.8. The minimum atomic E-state index is -0.441. The number of aliphatic hydroxyl groups excluding tert-OH is 1. The number of carbonyl (C=O) groups is 1. The molecule has 1 aliphatic carbocycles. The van der Waals surface area contributed by atoms with Crippen molar-refractivity contribution in [3.63, 3.8) is 0 Å². The van der Waals surface area contributed by atoms with E-state index < -0.39 is 5.91 Å². The molecular formula is C14H21N3O2. The predicted octanol–water partition coefficient (Wildman–Crippen LogP) is 1.11. The van der Waals surface area contributed by atoms with Crippen molar-refractivity contribution in [1.82, 2.24) is 0 Å². The molecule has 0 aromatic heterocycles. The number of nitrogens with zero attached hydrogens (tertiary/aromatic N) is 1. The summed E-state index contributed by atoms with van der Waals surface area (Å²) in [6, 6.07) is 5.59. The standard InChI is InChI=1S/C14H21N3O2/c15-10-5-6-12(14(16)19)13(9-10)17(7-2-8-18)11-3-1-4-11/h5-6,9,11,18H,1-4,7-8,15H2,(H2,16,19). The largest absolute Gasteiger partial charge is 0.399 e. The third-order valence-corrected chi connectivity index (χ3v) is 3.67. The van der Waals surface area contributed by atoms with Gasteiger partial charge in [-0.25, -0.2) is 0 Å². The van der Waals surface area contributed by atoms with Crippen LogP contribution in [0.25, 0.3) is 0 Å². The van der Waals surface area contributed by atoms with E-state index in [2.05, 4.69) is 4.90 Å². The minimum absolute atomic E-state index is 0.136. The summed E-state index contributed by atoms with van der Waals surface area (Å²) >= 11 is 0. The zero-order valence-electron chi connectivity index (χ0n) is 11.0. The van der Waals surface area contributed by atoms with E-state index in [-0.39, 0.29) is 6.61 Å². The van der Waals surface area contributed by atoms with E-state index >= 15 is 0 Å². The molecule has 0 atom stereocenters. The van der Waals surface area contributed by atoms with Crippen molar-refractivity contribution in [2.24, 2.45) is 5.73 Å². The maximum atomic E-state index is 11.5. The van der Waals surface area contributed by atoms with Crippen LogP contribution < -0.4 is 16.4 Å². The molecule has 1 fully saturated rings. The Morgan fingerprint density at radius 2 is 2.16 bits per heavy atom. The monoisotopic (exact) mass is 263 g/mol. The first-order valence-corrected chi connectivity index (χ1v) is 6.70. The Morgan fingerprint density at radius 3 is 2.68 bits per heavy atom. The molecule has 0 saturated heterocycles. The van der Waals surface area contributed by atoms with Gasteiger partial charge in [0.1, 0.15) is 0 Å². The summed E-state index contributed by atoms with van der Waals surface area (Å²) in [6.07, 6.45) is 4.09. The summed E-state index contributed by atoms with van der Waals surface area (Å²) in [6.45, 7) is 0.850. The summed E-state index contributed by atoms with van der Waals surface area (Å²) in [5.74, 6) is -0.441. The van der Waals surface area contributed by atoms with Crippen LogP contribution in [0, 0.1) is 0 Å². The Balaban J connectivity index is 2.33. The Labute approximate surface area is 113 Å². The molecule has 19 heavy (non-hydrogen) atoms. The number of primary amides is 1. The molecule has 0 aliphatic heterocycles. The second kappa shape index (κ2) is 5.93. The molecule has 1 amide bonds. The fraction of sp³-hybridized carbons (Fsp3) is 0.500. The third-order valence-electron chi connectivity index (χ3n) is 3.67. The molecule has 0 unspecified atom stereocenters. The number of carbonyl (C=O) groups excluding carboxylic acids is 1. The number of nitrogen functional groups attached to an aromatic ring is 1. The number of rotatable bonds is 6. The number of amides is 1. The number of anilines is 2. The van der Waals surface area contributed by atoms with Crippen molar-refractivity contribution < 1.29 is 9.90 Å². The van der Waals surface area contributed by atoms with E-state index in [4.69, 9.17) is 16.6 Å². The lowest BCUT2D eigenvalue weighted by molar-refractivity contribution is 0.100. The molecule has 104 valence electrons. The fourth-order valence-corrected chi connectivity index (χ4v) is 2.43. The number of nitrogens with two attached hydrogens (primary N) is 2. The van der Waals surface area contributed by atoms with Gasteiger partial charge in [0, 0.05) is 24.9 Å². The zero-order valence-corrected chi connectivity index (χ0v) is 11.0. The molecule has 0 spiro atoms. The van der Waals surface area contributed by atoms with Crippen LogP contribution in [0.15, 0.2) is 18.2 Å². The van der Waals surface area contributed by atoms with E-state index in [1.54, 1.807) is 18.2 Å². The highest BCUT2D eigenvalue weighted by molar-refractivity contribution is 5.99. The van der Waals surface area contributed by atoms with Gasteiger partial charge in [-0.3, -0.25) is 4.79 Å². The van der Waals surface area contributed by atoms with Crippen LogP contribution in [0.3, 0.4) is 0 Å². The van der Waals surface area contributed by atoms with Gasteiger partial charge in [-0.1, -0.05) is 0 Å². The Kier molecular flexibility index (Phi) is 4.27. The van der Waals surface area contributed by atoms with Gasteiger partial charge < -0.3 is 21.5 Å². The number of hydrogen-bond acceptors (Lipinski definition) is 4. The highest BCUT2D eigenvalue weighted by atomic mass is 16.3. The van der Waals surface area contributed by atoms with Gasteiger partial charge in [-0.2, -0.15) is 0 Å². The molecule has 0 heterocycles. The second-order valence-electron chi connectivity index (χ2n) is 5.00. The van der Waals surface area contributed by atoms with Gasteiger partial charge in [0.15, 0.2) is 0 Å². The SMILES string of the molecule is NC(=O)c1ccc(N)cc1N(CCCO)C1CCC1. The average Bonchev–Trinajstić information content (AvgIpc) is 2.31. The maximum Gasteiger partial charge on any atom is 0.250 e. The number of hydrogen-bond donors (Lipinski definition) is 3. The summed E-state index contributed by atoms with van der Waals surface area (Å²) in [4.78, 5) is 13.7. The number of benzene rings is 1. The lowest BCUT2D eigenvalue weighted by Gasteiger charge is -2.40. The van der Waals surface area contributed by atoms with Crippen molar-refractivity contribution in [3.05, 3.63) is 23.8 Å². The van der Waals surface area contributed by atoms with Gasteiger partial charge in [0.25, 0.3) is 5.91 Å². The molecule has 1 aliphatic rings. The van der Waals surface area contributed by atoms with E-state index in [1.807, 2.05) is 0 Å². The molecule has 1 aromatic carbocycles. The van der Waals surface area contributed by atoms with Crippen molar-refractivity contribution >= 4 is 17.3 Å². The summed E-state index contributed by atoms with van der Waals surface area (Å²) in [5, 5.41) is 9.02. The predicted molar refractivity (Wildman–Crippen MR) is 76.1 cm³/mol. The number of aliphatic hydroxyl groups is 1. The van der Waals surface area contributed by atoms with Crippen LogP contribution in [0.5, 0.6) is 0 Å². The maximum absolute atomic E-state index is 11.5. The van der Waals surface area contributed by atoms with Gasteiger partial charge >= 0.3 is 0 Å². The molecule has 5 N–H and O–H groups in total. The van der Waals surface area contributed by atoms with Gasteiger partial charge in [0.2, 0.25) is 0 Å². The van der Waals surface area contributed by atoms with Crippen LogP contribution >= 0.6 is 0 Å². The molecule has 2 rings (SSSR count). The normalized spacial score (nSPS) is 15.0. The molecular weight excluding hydrogens is 242 g/mol. The average molecular weight is 263 g/mol. The van der Waals surface area contributed by atoms with Crippen molar-refractivity contribution in [2.45, 2.75) is 31.7 Å². The highest BCUT2D eigenvalue weighted by Crippen LogP contribution is 2.32. The van der Waals surface area contributed by atoms with Gasteiger partial charge in [0.05, 0.1) is 11.3 Å². The first-order chi connectivity index (χ1) is 9.13. The lowest BCUT2D eigenvalue weighted by atomic mass is 9.90. The first-order valence-electron chi connectivity index (χ1n) is 6.70. The summed E-state index contributed by atoms with van der Waals surface area (Å²) in [5.41, 5.74) is 13.2. The van der Waals surface area contributed by atoms with E-state index in [9.17, 15) is 4.79 Å². The minimum Gasteiger partial charge on any atom is -0.399 e. The molecule has 1 aromatic rings. The third kappa shape index (κ3) is 2.98. The highest BCUT2D eigenvalue weighted by Gasteiger charge is 2.27. The van der Waals surface area contributed by atoms with E-state index in [0.717, 1.165) is 18.5 Å². The molecule has 5 nitrogen and oxygen atoms in total. The van der Waals surface area contributed by atoms with Crippen LogP contribution in [0.1, 0.15) is 36.0 Å². The van der Waals surface area contributed by atoms with Crippen molar-refractivity contribution in [2.75, 3.05) is 23.8 Å². The van der Waals surface area contributed by atoms with Crippen LogP contribution in [0.4, 0.5) is 11.4 Å². The summed E-state index contributed by atoms with van der Waals surface area (Å²) < 4.78 is 0. The molecule has 0 bridgehead atoms.